The largest absolute Gasteiger partial charge is 0.305 e. The summed E-state index contributed by atoms with van der Waals surface area (Å²) in [7, 11) is 0.273. The molecule has 13 heavy (non-hydrogen) atoms. The molecular formula is C10H26N2Si. The predicted octanol–water partition coefficient (Wildman–Crippen LogP) is 1.29. The monoisotopic (exact) mass is 202 g/mol. The van der Waals surface area contributed by atoms with Crippen LogP contribution >= 0.6 is 0 Å². The maximum Gasteiger partial charge on any atom is 0.0480 e. The Kier molecular flexibility index (Phi) is 10.3. The first-order chi connectivity index (χ1) is 6.35. The normalized spacial score (nSPS) is 12.0. The summed E-state index contributed by atoms with van der Waals surface area (Å²) in [6.07, 6.45) is 1.39. The second kappa shape index (κ2) is 10.2. The van der Waals surface area contributed by atoms with Gasteiger partial charge in [-0.05, 0) is 19.6 Å². The lowest BCUT2D eigenvalue weighted by Crippen LogP contribution is -2.34. The van der Waals surface area contributed by atoms with E-state index in [2.05, 4.69) is 31.0 Å². The molecule has 0 unspecified atom stereocenters. The molecule has 0 aromatic carbocycles. The van der Waals surface area contributed by atoms with Crippen molar-refractivity contribution in [1.29, 1.82) is 0 Å². The fourth-order valence-electron chi connectivity index (χ4n) is 1.36. The first-order valence-electron chi connectivity index (χ1n) is 5.78. The van der Waals surface area contributed by atoms with Gasteiger partial charge in [-0.3, -0.25) is 4.90 Å². The van der Waals surface area contributed by atoms with Gasteiger partial charge in [0.2, 0.25) is 0 Å². The molecule has 0 aliphatic heterocycles. The maximum atomic E-state index is 3.51. The van der Waals surface area contributed by atoms with Crippen LogP contribution in [0, 0.1) is 0 Å². The molecule has 0 saturated carbocycles. The van der Waals surface area contributed by atoms with Gasteiger partial charge in [-0.2, -0.15) is 0 Å². The first-order valence-corrected chi connectivity index (χ1v) is 7.78. The molecule has 0 radical (unpaired) electrons. The molecule has 0 saturated heterocycles. The Morgan fingerprint density at radius 3 is 2.31 bits per heavy atom. The Morgan fingerprint density at radius 2 is 1.77 bits per heavy atom. The van der Waals surface area contributed by atoms with Crippen molar-refractivity contribution in [3.05, 3.63) is 0 Å². The van der Waals surface area contributed by atoms with Gasteiger partial charge in [0.05, 0.1) is 0 Å². The highest BCUT2D eigenvalue weighted by Gasteiger charge is 1.96. The van der Waals surface area contributed by atoms with E-state index < -0.39 is 0 Å². The summed E-state index contributed by atoms with van der Waals surface area (Å²) in [5, 5.41) is 3.51. The van der Waals surface area contributed by atoms with Gasteiger partial charge in [0.15, 0.2) is 0 Å². The quantitative estimate of drug-likeness (QED) is 0.344. The molecule has 0 fully saturated rings. The molecule has 0 rings (SSSR count). The summed E-state index contributed by atoms with van der Waals surface area (Å²) in [5.74, 6) is 0. The standard InChI is InChI=1S/C10H26N2Si/c1-4-8-13-9-7-11-10-12(5-2)6-3/h11H,4-10,13H2,1-3H3. The molecule has 0 aromatic heterocycles. The molecule has 0 heterocycles. The van der Waals surface area contributed by atoms with Crippen molar-refractivity contribution >= 4 is 9.52 Å². The van der Waals surface area contributed by atoms with Gasteiger partial charge in [-0.25, -0.2) is 0 Å². The zero-order chi connectivity index (χ0) is 9.94. The summed E-state index contributed by atoms with van der Waals surface area (Å²) < 4.78 is 0. The topological polar surface area (TPSA) is 15.3 Å². The highest BCUT2D eigenvalue weighted by Crippen LogP contribution is 1.89. The molecule has 0 spiro atoms. The lowest BCUT2D eigenvalue weighted by Gasteiger charge is -2.18. The summed E-state index contributed by atoms with van der Waals surface area (Å²) in [6.45, 7) is 11.4. The van der Waals surface area contributed by atoms with Gasteiger partial charge in [0.1, 0.15) is 0 Å². The molecule has 80 valence electrons. The van der Waals surface area contributed by atoms with E-state index in [0.717, 1.165) is 19.8 Å². The summed E-state index contributed by atoms with van der Waals surface area (Å²) >= 11 is 0. The zero-order valence-electron chi connectivity index (χ0n) is 9.60. The van der Waals surface area contributed by atoms with E-state index in [1.165, 1.54) is 25.1 Å². The van der Waals surface area contributed by atoms with Crippen LogP contribution < -0.4 is 5.32 Å². The van der Waals surface area contributed by atoms with Crippen LogP contribution in [0.4, 0.5) is 0 Å². The summed E-state index contributed by atoms with van der Waals surface area (Å²) in [6, 6.07) is 2.99. The lowest BCUT2D eigenvalue weighted by molar-refractivity contribution is 0.282. The third kappa shape index (κ3) is 8.47. The van der Waals surface area contributed by atoms with Crippen LogP contribution in [-0.2, 0) is 0 Å². The van der Waals surface area contributed by atoms with Gasteiger partial charge in [-0.1, -0.05) is 39.3 Å². The van der Waals surface area contributed by atoms with E-state index in [-0.39, 0.29) is 9.52 Å². The van der Waals surface area contributed by atoms with Crippen LogP contribution in [0.15, 0.2) is 0 Å². The second-order valence-electron chi connectivity index (χ2n) is 3.52. The molecule has 0 aromatic rings. The third-order valence-electron chi connectivity index (χ3n) is 2.44. The minimum Gasteiger partial charge on any atom is -0.305 e. The predicted molar refractivity (Wildman–Crippen MR) is 64.2 cm³/mol. The van der Waals surface area contributed by atoms with Crippen molar-refractivity contribution in [3.8, 4) is 0 Å². The molecule has 1 N–H and O–H groups in total. The van der Waals surface area contributed by atoms with Crippen LogP contribution in [0.5, 0.6) is 0 Å². The van der Waals surface area contributed by atoms with E-state index in [4.69, 9.17) is 0 Å². The van der Waals surface area contributed by atoms with Crippen molar-refractivity contribution in [3.63, 3.8) is 0 Å². The number of nitrogens with zero attached hydrogens (tertiary/aromatic N) is 1. The molecule has 0 amide bonds. The Labute approximate surface area is 85.9 Å². The fraction of sp³-hybridized carbons (Fsp3) is 1.00. The smallest absolute Gasteiger partial charge is 0.0480 e. The van der Waals surface area contributed by atoms with Crippen molar-refractivity contribution in [2.24, 2.45) is 0 Å². The number of hydrogen-bond donors (Lipinski definition) is 1. The van der Waals surface area contributed by atoms with Crippen LogP contribution in [0.1, 0.15) is 27.2 Å². The third-order valence-corrected chi connectivity index (χ3v) is 4.50. The highest BCUT2D eigenvalue weighted by atomic mass is 28.2. The molecule has 2 nitrogen and oxygen atoms in total. The average Bonchev–Trinajstić information content (AvgIpc) is 2.17. The molecule has 0 aliphatic carbocycles. The Balaban J connectivity index is 3.05. The van der Waals surface area contributed by atoms with Gasteiger partial charge in [-0.15, -0.1) is 0 Å². The molecule has 0 atom stereocenters. The fourth-order valence-corrected chi connectivity index (χ4v) is 2.71. The minimum atomic E-state index is 0.273. The van der Waals surface area contributed by atoms with Crippen LogP contribution in [0.2, 0.25) is 12.1 Å². The molecular weight excluding hydrogens is 176 g/mol. The van der Waals surface area contributed by atoms with E-state index in [0.29, 0.717) is 0 Å². The van der Waals surface area contributed by atoms with E-state index in [9.17, 15) is 0 Å². The van der Waals surface area contributed by atoms with Gasteiger partial charge in [0.25, 0.3) is 0 Å². The number of hydrogen-bond acceptors (Lipinski definition) is 2. The van der Waals surface area contributed by atoms with Crippen LogP contribution in [0.3, 0.4) is 0 Å². The van der Waals surface area contributed by atoms with Gasteiger partial charge >= 0.3 is 0 Å². The molecule has 0 bridgehead atoms. The number of rotatable bonds is 9. The van der Waals surface area contributed by atoms with Crippen molar-refractivity contribution in [2.45, 2.75) is 39.3 Å². The zero-order valence-corrected chi connectivity index (χ0v) is 11.0. The van der Waals surface area contributed by atoms with Gasteiger partial charge in [0, 0.05) is 16.2 Å². The molecule has 0 aliphatic rings. The van der Waals surface area contributed by atoms with Crippen LogP contribution in [0.25, 0.3) is 0 Å². The van der Waals surface area contributed by atoms with E-state index >= 15 is 0 Å². The SMILES string of the molecule is CCC[SiH2]CCNCN(CC)CC. The minimum absolute atomic E-state index is 0.273. The van der Waals surface area contributed by atoms with Crippen molar-refractivity contribution in [2.75, 3.05) is 26.3 Å². The van der Waals surface area contributed by atoms with Crippen molar-refractivity contribution in [1.82, 2.24) is 10.2 Å². The lowest BCUT2D eigenvalue weighted by atomic mass is 10.5. The highest BCUT2D eigenvalue weighted by molar-refractivity contribution is 6.35. The first kappa shape index (κ1) is 13.1. The maximum absolute atomic E-state index is 3.51. The Bertz CT molecular complexity index is 94.9. The second-order valence-corrected chi connectivity index (χ2v) is 5.64. The average molecular weight is 202 g/mol. The Hall–Kier alpha value is 0.137. The van der Waals surface area contributed by atoms with Crippen LogP contribution in [-0.4, -0.2) is 40.7 Å². The van der Waals surface area contributed by atoms with E-state index in [1.54, 1.807) is 0 Å². The van der Waals surface area contributed by atoms with Gasteiger partial charge < -0.3 is 5.32 Å². The van der Waals surface area contributed by atoms with Crippen molar-refractivity contribution < 1.29 is 0 Å². The van der Waals surface area contributed by atoms with E-state index in [1.807, 2.05) is 0 Å². The summed E-state index contributed by atoms with van der Waals surface area (Å²) in [4.78, 5) is 2.42. The Morgan fingerprint density at radius 1 is 1.08 bits per heavy atom. The summed E-state index contributed by atoms with van der Waals surface area (Å²) in [5.41, 5.74) is 0. The molecule has 3 heteroatoms. The number of nitrogens with one attached hydrogen (secondary N) is 1.